The van der Waals surface area contributed by atoms with Gasteiger partial charge >= 0.3 is 5.97 Å². The van der Waals surface area contributed by atoms with Gasteiger partial charge in [0.1, 0.15) is 6.04 Å². The van der Waals surface area contributed by atoms with Crippen molar-refractivity contribution in [3.05, 3.63) is 65.2 Å². The van der Waals surface area contributed by atoms with Gasteiger partial charge in [-0.1, -0.05) is 36.4 Å². The molecule has 1 fully saturated rings. The molecule has 4 heteroatoms. The Morgan fingerprint density at radius 2 is 1.56 bits per heavy atom. The molecule has 1 saturated heterocycles. The molecule has 3 rings (SSSR count). The fourth-order valence-corrected chi connectivity index (χ4v) is 3.67. The molecule has 1 atom stereocenters. The van der Waals surface area contributed by atoms with E-state index in [2.05, 4.69) is 47.9 Å². The van der Waals surface area contributed by atoms with Crippen molar-refractivity contribution in [3.63, 3.8) is 0 Å². The van der Waals surface area contributed by atoms with Gasteiger partial charge in [-0.2, -0.15) is 0 Å². The molecule has 1 aliphatic rings. The van der Waals surface area contributed by atoms with Crippen molar-refractivity contribution in [3.8, 4) is 0 Å². The quantitative estimate of drug-likeness (QED) is 0.910. The zero-order valence-corrected chi connectivity index (χ0v) is 15.0. The molecule has 1 heterocycles. The van der Waals surface area contributed by atoms with Crippen LogP contribution in [-0.4, -0.2) is 48.2 Å². The number of hydrogen-bond donors (Lipinski definition) is 1. The molecular formula is C21H26N2O2. The largest absolute Gasteiger partial charge is 0.480 e. The molecule has 1 aliphatic heterocycles. The number of aryl methyl sites for hydroxylation is 2. The number of anilines is 1. The fourth-order valence-electron chi connectivity index (χ4n) is 3.67. The van der Waals surface area contributed by atoms with E-state index in [0.29, 0.717) is 6.42 Å². The third-order valence-electron chi connectivity index (χ3n) is 5.20. The van der Waals surface area contributed by atoms with E-state index < -0.39 is 12.0 Å². The smallest absolute Gasteiger partial charge is 0.321 e. The Bertz CT molecular complexity index is 702. The van der Waals surface area contributed by atoms with E-state index in [0.717, 1.165) is 26.2 Å². The number of benzene rings is 2. The summed E-state index contributed by atoms with van der Waals surface area (Å²) in [6.07, 6.45) is 0.569. The molecule has 132 valence electrons. The molecule has 1 N–H and O–H groups in total. The normalized spacial score (nSPS) is 16.6. The lowest BCUT2D eigenvalue weighted by atomic mass is 9.95. The minimum absolute atomic E-state index is 0.460. The first-order chi connectivity index (χ1) is 12.1. The molecule has 0 unspecified atom stereocenters. The molecule has 0 amide bonds. The van der Waals surface area contributed by atoms with E-state index >= 15 is 0 Å². The van der Waals surface area contributed by atoms with Gasteiger partial charge in [-0.3, -0.25) is 9.69 Å². The molecule has 4 nitrogen and oxygen atoms in total. The molecule has 0 aromatic heterocycles. The van der Waals surface area contributed by atoms with Crippen LogP contribution in [0.3, 0.4) is 0 Å². The monoisotopic (exact) mass is 338 g/mol. The summed E-state index contributed by atoms with van der Waals surface area (Å²) in [6.45, 7) is 7.40. The second kappa shape index (κ2) is 7.70. The lowest BCUT2D eigenvalue weighted by Crippen LogP contribution is -2.53. The Kier molecular flexibility index (Phi) is 5.39. The Morgan fingerprint density at radius 1 is 0.960 bits per heavy atom. The lowest BCUT2D eigenvalue weighted by molar-refractivity contribution is -0.143. The van der Waals surface area contributed by atoms with E-state index in [1.165, 1.54) is 22.4 Å². The van der Waals surface area contributed by atoms with Gasteiger partial charge in [-0.05, 0) is 49.1 Å². The highest BCUT2D eigenvalue weighted by atomic mass is 16.4. The fraction of sp³-hybridized carbons (Fsp3) is 0.381. The second-order valence-electron chi connectivity index (χ2n) is 6.79. The van der Waals surface area contributed by atoms with Crippen LogP contribution < -0.4 is 4.90 Å². The Morgan fingerprint density at radius 3 is 2.12 bits per heavy atom. The van der Waals surface area contributed by atoms with Crippen molar-refractivity contribution >= 4 is 11.7 Å². The van der Waals surface area contributed by atoms with Crippen LogP contribution in [0, 0.1) is 13.8 Å². The van der Waals surface area contributed by atoms with E-state index in [9.17, 15) is 9.90 Å². The standard InChI is InChI=1S/C21H26N2O2/c1-16-7-6-8-17(2)19(16)15-20(21(24)25)23-13-11-22(12-14-23)18-9-4-3-5-10-18/h3-10,20H,11-15H2,1-2H3,(H,24,25)/t20-/m1/s1. The van der Waals surface area contributed by atoms with E-state index in [-0.39, 0.29) is 0 Å². The number of hydrogen-bond acceptors (Lipinski definition) is 3. The van der Waals surface area contributed by atoms with Crippen LogP contribution in [0.2, 0.25) is 0 Å². The maximum atomic E-state index is 11.9. The van der Waals surface area contributed by atoms with Crippen molar-refractivity contribution < 1.29 is 9.90 Å². The third kappa shape index (κ3) is 4.02. The summed E-state index contributed by atoms with van der Waals surface area (Å²) < 4.78 is 0. The van der Waals surface area contributed by atoms with Gasteiger partial charge in [-0.25, -0.2) is 0 Å². The van der Waals surface area contributed by atoms with Crippen molar-refractivity contribution in [1.82, 2.24) is 4.90 Å². The van der Waals surface area contributed by atoms with Crippen LogP contribution in [-0.2, 0) is 11.2 Å². The number of nitrogens with zero attached hydrogens (tertiary/aromatic N) is 2. The van der Waals surface area contributed by atoms with E-state index in [1.54, 1.807) is 0 Å². The van der Waals surface area contributed by atoms with Gasteiger partial charge in [0.15, 0.2) is 0 Å². The first-order valence-corrected chi connectivity index (χ1v) is 8.88. The number of carbonyl (C=O) groups is 1. The van der Waals surface area contributed by atoms with Crippen LogP contribution >= 0.6 is 0 Å². The molecule has 2 aromatic carbocycles. The Hall–Kier alpha value is -2.33. The first kappa shape index (κ1) is 17.5. The summed E-state index contributed by atoms with van der Waals surface area (Å²) >= 11 is 0. The average molecular weight is 338 g/mol. The average Bonchev–Trinajstić information content (AvgIpc) is 2.62. The van der Waals surface area contributed by atoms with Gasteiger partial charge in [-0.15, -0.1) is 0 Å². The van der Waals surface area contributed by atoms with Gasteiger partial charge < -0.3 is 10.0 Å². The number of carboxylic acids is 1. The zero-order chi connectivity index (χ0) is 17.8. The number of aliphatic carboxylic acids is 1. The number of rotatable bonds is 5. The van der Waals surface area contributed by atoms with Gasteiger partial charge in [0.25, 0.3) is 0 Å². The summed E-state index contributed by atoms with van der Waals surface area (Å²) in [7, 11) is 0. The predicted octanol–water partition coefficient (Wildman–Crippen LogP) is 3.12. The van der Waals surface area contributed by atoms with Crippen molar-refractivity contribution in [2.45, 2.75) is 26.3 Å². The SMILES string of the molecule is Cc1cccc(C)c1C[C@H](C(=O)O)N1CCN(c2ccccc2)CC1. The minimum Gasteiger partial charge on any atom is -0.480 e. The summed E-state index contributed by atoms with van der Waals surface area (Å²) in [5.41, 5.74) is 4.73. The predicted molar refractivity (Wildman–Crippen MR) is 101 cm³/mol. The Balaban J connectivity index is 1.70. The van der Waals surface area contributed by atoms with E-state index in [1.807, 2.05) is 24.3 Å². The number of carboxylic acid groups (broad SMARTS) is 1. The van der Waals surface area contributed by atoms with Crippen LogP contribution in [0.1, 0.15) is 16.7 Å². The van der Waals surface area contributed by atoms with Crippen LogP contribution in [0.4, 0.5) is 5.69 Å². The topological polar surface area (TPSA) is 43.8 Å². The van der Waals surface area contributed by atoms with Gasteiger partial charge in [0.2, 0.25) is 0 Å². The molecule has 0 saturated carbocycles. The highest BCUT2D eigenvalue weighted by molar-refractivity contribution is 5.74. The summed E-state index contributed by atoms with van der Waals surface area (Å²) in [6, 6.07) is 16.0. The highest BCUT2D eigenvalue weighted by Crippen LogP contribution is 2.21. The second-order valence-corrected chi connectivity index (χ2v) is 6.79. The van der Waals surface area contributed by atoms with Crippen LogP contribution in [0.15, 0.2) is 48.5 Å². The first-order valence-electron chi connectivity index (χ1n) is 8.88. The summed E-state index contributed by atoms with van der Waals surface area (Å²) in [5.74, 6) is -0.726. The van der Waals surface area contributed by atoms with Gasteiger partial charge in [0, 0.05) is 31.9 Å². The van der Waals surface area contributed by atoms with Crippen LogP contribution in [0.25, 0.3) is 0 Å². The maximum absolute atomic E-state index is 11.9. The highest BCUT2D eigenvalue weighted by Gasteiger charge is 2.29. The minimum atomic E-state index is -0.726. The van der Waals surface area contributed by atoms with Crippen molar-refractivity contribution in [2.24, 2.45) is 0 Å². The molecule has 0 radical (unpaired) electrons. The molecule has 0 aliphatic carbocycles. The molecule has 2 aromatic rings. The lowest BCUT2D eigenvalue weighted by Gasteiger charge is -2.39. The molecule has 0 spiro atoms. The van der Waals surface area contributed by atoms with E-state index in [4.69, 9.17) is 0 Å². The third-order valence-corrected chi connectivity index (χ3v) is 5.20. The van der Waals surface area contributed by atoms with Crippen LogP contribution in [0.5, 0.6) is 0 Å². The molecule has 0 bridgehead atoms. The number of piperazine rings is 1. The maximum Gasteiger partial charge on any atom is 0.321 e. The molecular weight excluding hydrogens is 312 g/mol. The number of para-hydroxylation sites is 1. The molecule has 25 heavy (non-hydrogen) atoms. The summed E-state index contributed by atoms with van der Waals surface area (Å²) in [5, 5.41) is 9.80. The van der Waals surface area contributed by atoms with Crippen molar-refractivity contribution in [1.29, 1.82) is 0 Å². The van der Waals surface area contributed by atoms with Gasteiger partial charge in [0.05, 0.1) is 0 Å². The zero-order valence-electron chi connectivity index (χ0n) is 15.0. The van der Waals surface area contributed by atoms with Crippen molar-refractivity contribution in [2.75, 3.05) is 31.1 Å². The Labute approximate surface area is 149 Å². The summed E-state index contributed by atoms with van der Waals surface area (Å²) in [4.78, 5) is 16.4.